The van der Waals surface area contributed by atoms with Crippen LogP contribution in [0.15, 0.2) is 71.8 Å². The predicted octanol–water partition coefficient (Wildman–Crippen LogP) is 6.30. The molecule has 1 aromatic heterocycles. The van der Waals surface area contributed by atoms with Crippen molar-refractivity contribution >= 4 is 20.9 Å². The van der Waals surface area contributed by atoms with Crippen LogP contribution in [0.25, 0.3) is 22.0 Å². The van der Waals surface area contributed by atoms with Gasteiger partial charge in [-0.2, -0.15) is 0 Å². The Morgan fingerprint density at radius 3 is 2.24 bits per heavy atom. The Morgan fingerprint density at radius 2 is 1.58 bits per heavy atom. The van der Waals surface area contributed by atoms with Gasteiger partial charge in [0.25, 0.3) is 0 Å². The lowest BCUT2D eigenvalue weighted by Crippen LogP contribution is -2.38. The van der Waals surface area contributed by atoms with Gasteiger partial charge in [0.05, 0.1) is 4.90 Å². The molecule has 0 spiro atoms. The molecule has 4 nitrogen and oxygen atoms in total. The zero-order valence-corrected chi connectivity index (χ0v) is 20.8. The summed E-state index contributed by atoms with van der Waals surface area (Å²) in [4.78, 5) is 0.393. The van der Waals surface area contributed by atoms with Crippen molar-refractivity contribution in [1.29, 1.82) is 0 Å². The molecule has 0 aliphatic carbocycles. The van der Waals surface area contributed by atoms with Crippen molar-refractivity contribution in [2.75, 3.05) is 0 Å². The highest BCUT2D eigenvalue weighted by Gasteiger charge is 2.24. The quantitative estimate of drug-likeness (QED) is 0.352. The summed E-state index contributed by atoms with van der Waals surface area (Å²) in [5.41, 5.74) is 7.29. The van der Waals surface area contributed by atoms with Crippen LogP contribution in [-0.2, 0) is 16.6 Å². The zero-order valence-electron chi connectivity index (χ0n) is 20.0. The molecule has 0 saturated heterocycles. The van der Waals surface area contributed by atoms with Crippen LogP contribution in [0.4, 0.5) is 0 Å². The number of aromatic nitrogens is 1. The van der Waals surface area contributed by atoms with Gasteiger partial charge in [0.2, 0.25) is 10.0 Å². The number of para-hydroxylation sites is 1. The number of nitrogens with zero attached hydrogens (tertiary/aromatic N) is 1. The van der Waals surface area contributed by atoms with Crippen LogP contribution in [0.5, 0.6) is 0 Å². The summed E-state index contributed by atoms with van der Waals surface area (Å²) in [7, 11) is -3.64. The smallest absolute Gasteiger partial charge is 0.241 e. The molecular formula is C28H32N2O2S. The fourth-order valence-corrected chi connectivity index (χ4v) is 6.56. The zero-order chi connectivity index (χ0) is 23.8. The topological polar surface area (TPSA) is 51.1 Å². The fraction of sp³-hybridized carbons (Fsp3) is 0.286. The number of rotatable bonds is 7. The van der Waals surface area contributed by atoms with Gasteiger partial charge >= 0.3 is 0 Å². The summed E-state index contributed by atoms with van der Waals surface area (Å²) in [5.74, 6) is 0. The second kappa shape index (κ2) is 9.16. The van der Waals surface area contributed by atoms with Gasteiger partial charge in [0.1, 0.15) is 0 Å². The minimum Gasteiger partial charge on any atom is -0.345 e. The van der Waals surface area contributed by atoms with Crippen molar-refractivity contribution in [1.82, 2.24) is 9.29 Å². The first-order chi connectivity index (χ1) is 15.7. The molecule has 0 unspecified atom stereocenters. The van der Waals surface area contributed by atoms with Crippen LogP contribution in [0, 0.1) is 27.7 Å². The SMILES string of the molecule is CC[C@@H](Cn1cc(-c2cccc(C)c2)c2ccccc21)NS(=O)(=O)c1c(C)cc(C)cc1C. The molecule has 0 aliphatic heterocycles. The lowest BCUT2D eigenvalue weighted by Gasteiger charge is -2.20. The molecule has 3 aromatic carbocycles. The molecule has 0 saturated carbocycles. The van der Waals surface area contributed by atoms with E-state index in [4.69, 9.17) is 0 Å². The second-order valence-corrected chi connectivity index (χ2v) is 10.7. The van der Waals surface area contributed by atoms with Gasteiger partial charge in [0.15, 0.2) is 0 Å². The molecule has 33 heavy (non-hydrogen) atoms. The summed E-state index contributed by atoms with van der Waals surface area (Å²) in [6, 6.07) is 20.4. The molecule has 0 amide bonds. The van der Waals surface area contributed by atoms with E-state index in [1.807, 2.05) is 45.9 Å². The highest BCUT2D eigenvalue weighted by molar-refractivity contribution is 7.89. The number of hydrogen-bond acceptors (Lipinski definition) is 2. The normalized spacial score (nSPS) is 12.9. The van der Waals surface area contributed by atoms with E-state index in [0.717, 1.165) is 27.8 Å². The number of sulfonamides is 1. The average molecular weight is 461 g/mol. The Kier molecular flexibility index (Phi) is 6.46. The number of benzene rings is 3. The van der Waals surface area contributed by atoms with E-state index in [0.29, 0.717) is 17.9 Å². The third-order valence-electron chi connectivity index (χ3n) is 6.22. The van der Waals surface area contributed by atoms with E-state index in [1.165, 1.54) is 16.5 Å². The maximum atomic E-state index is 13.4. The van der Waals surface area contributed by atoms with Gasteiger partial charge in [-0.3, -0.25) is 0 Å². The highest BCUT2D eigenvalue weighted by atomic mass is 32.2. The van der Waals surface area contributed by atoms with Crippen LogP contribution >= 0.6 is 0 Å². The Balaban J connectivity index is 1.69. The molecule has 0 radical (unpaired) electrons. The van der Waals surface area contributed by atoms with Crippen molar-refractivity contribution in [2.45, 2.75) is 58.5 Å². The van der Waals surface area contributed by atoms with E-state index in [9.17, 15) is 8.42 Å². The van der Waals surface area contributed by atoms with Crippen LogP contribution < -0.4 is 4.72 Å². The lowest BCUT2D eigenvalue weighted by atomic mass is 10.0. The minimum absolute atomic E-state index is 0.226. The first-order valence-electron chi connectivity index (χ1n) is 11.4. The maximum absolute atomic E-state index is 13.4. The number of nitrogens with one attached hydrogen (secondary N) is 1. The summed E-state index contributed by atoms with van der Waals surface area (Å²) < 4.78 is 31.9. The molecule has 1 heterocycles. The highest BCUT2D eigenvalue weighted by Crippen LogP contribution is 2.31. The fourth-order valence-electron chi connectivity index (χ4n) is 4.80. The molecule has 0 aliphatic rings. The van der Waals surface area contributed by atoms with Crippen molar-refractivity contribution in [2.24, 2.45) is 0 Å². The summed E-state index contributed by atoms with van der Waals surface area (Å²) in [6.07, 6.45) is 2.84. The third-order valence-corrected chi connectivity index (χ3v) is 8.05. The van der Waals surface area contributed by atoms with Gasteiger partial charge < -0.3 is 4.57 Å². The Labute approximate surface area is 197 Å². The molecule has 172 valence electrons. The number of aryl methyl sites for hydroxylation is 4. The molecule has 4 aromatic rings. The van der Waals surface area contributed by atoms with Crippen molar-refractivity contribution in [3.05, 3.63) is 89.1 Å². The van der Waals surface area contributed by atoms with Gasteiger partial charge in [-0.15, -0.1) is 0 Å². The van der Waals surface area contributed by atoms with Crippen LogP contribution in [0.2, 0.25) is 0 Å². The molecule has 5 heteroatoms. The summed E-state index contributed by atoms with van der Waals surface area (Å²) >= 11 is 0. The van der Waals surface area contributed by atoms with E-state index >= 15 is 0 Å². The Hall–Kier alpha value is -2.89. The monoisotopic (exact) mass is 460 g/mol. The maximum Gasteiger partial charge on any atom is 0.241 e. The Bertz CT molecular complexity index is 1390. The minimum atomic E-state index is -3.64. The van der Waals surface area contributed by atoms with Crippen LogP contribution in [0.3, 0.4) is 0 Å². The van der Waals surface area contributed by atoms with Crippen molar-refractivity contribution < 1.29 is 8.42 Å². The number of fused-ring (bicyclic) bond motifs is 1. The summed E-state index contributed by atoms with van der Waals surface area (Å²) in [5, 5.41) is 1.17. The molecule has 4 rings (SSSR count). The first kappa shape index (κ1) is 23.3. The van der Waals surface area contributed by atoms with Crippen molar-refractivity contribution in [3.8, 4) is 11.1 Å². The summed E-state index contributed by atoms with van der Waals surface area (Å²) in [6.45, 7) is 10.4. The van der Waals surface area contributed by atoms with E-state index in [-0.39, 0.29) is 6.04 Å². The number of hydrogen-bond donors (Lipinski definition) is 1. The third kappa shape index (κ3) is 4.75. The molecule has 0 fully saturated rings. The van der Waals surface area contributed by atoms with Crippen LogP contribution in [-0.4, -0.2) is 19.0 Å². The second-order valence-electron chi connectivity index (χ2n) is 9.04. The Morgan fingerprint density at radius 1 is 0.879 bits per heavy atom. The van der Waals surface area contributed by atoms with Gasteiger partial charge in [-0.05, 0) is 56.9 Å². The van der Waals surface area contributed by atoms with E-state index in [2.05, 4.69) is 64.9 Å². The molecular weight excluding hydrogens is 428 g/mol. The largest absolute Gasteiger partial charge is 0.345 e. The lowest BCUT2D eigenvalue weighted by molar-refractivity contribution is 0.491. The average Bonchev–Trinajstić information content (AvgIpc) is 3.10. The van der Waals surface area contributed by atoms with Crippen molar-refractivity contribution in [3.63, 3.8) is 0 Å². The van der Waals surface area contributed by atoms with E-state index < -0.39 is 10.0 Å². The van der Waals surface area contributed by atoms with Crippen LogP contribution in [0.1, 0.15) is 35.6 Å². The predicted molar refractivity (Wildman–Crippen MR) is 137 cm³/mol. The molecule has 0 bridgehead atoms. The van der Waals surface area contributed by atoms with Gasteiger partial charge in [0, 0.05) is 35.2 Å². The standard InChI is InChI=1S/C28H32N2O2S/c1-6-24(29-33(31,32)28-21(4)14-20(3)15-22(28)5)17-30-18-26(23-11-9-10-19(2)16-23)25-12-7-8-13-27(25)30/h7-16,18,24,29H,6,17H2,1-5H3/t24-/m0/s1. The van der Waals surface area contributed by atoms with Gasteiger partial charge in [-0.1, -0.05) is 72.6 Å². The van der Waals surface area contributed by atoms with Gasteiger partial charge in [-0.25, -0.2) is 13.1 Å². The van der Waals surface area contributed by atoms with E-state index in [1.54, 1.807) is 0 Å². The molecule has 1 atom stereocenters. The molecule has 1 N–H and O–H groups in total. The first-order valence-corrected chi connectivity index (χ1v) is 12.9.